The van der Waals surface area contributed by atoms with Crippen molar-refractivity contribution in [1.29, 1.82) is 0 Å². The van der Waals surface area contributed by atoms with Gasteiger partial charge in [-0.15, -0.1) is 0 Å². The molecule has 0 fully saturated rings. The number of ether oxygens (including phenoxy) is 2. The lowest BCUT2D eigenvalue weighted by molar-refractivity contribution is 0.393. The second-order valence-electron chi connectivity index (χ2n) is 4.75. The van der Waals surface area contributed by atoms with Crippen LogP contribution >= 0.6 is 0 Å². The van der Waals surface area contributed by atoms with Crippen LogP contribution in [0.4, 0.5) is 0 Å². The molecule has 2 aromatic carbocycles. The summed E-state index contributed by atoms with van der Waals surface area (Å²) in [7, 11) is 3.60. The lowest BCUT2D eigenvalue weighted by atomic mass is 10.1. The van der Waals surface area contributed by atoms with E-state index in [-0.39, 0.29) is 6.04 Å². The van der Waals surface area contributed by atoms with Crippen molar-refractivity contribution >= 4 is 0 Å². The summed E-state index contributed by atoms with van der Waals surface area (Å²) in [4.78, 5) is 0. The summed E-state index contributed by atoms with van der Waals surface area (Å²) in [5.74, 6) is 2.52. The summed E-state index contributed by atoms with van der Waals surface area (Å²) in [6.45, 7) is 4.12. The van der Waals surface area contributed by atoms with Crippen LogP contribution in [0.2, 0.25) is 0 Å². The highest BCUT2D eigenvalue weighted by molar-refractivity contribution is 5.49. The molecular formula is C17H21NO2. The third kappa shape index (κ3) is 2.94. The minimum absolute atomic E-state index is 0.144. The maximum atomic E-state index is 6.09. The summed E-state index contributed by atoms with van der Waals surface area (Å²) < 4.78 is 11.5. The number of para-hydroxylation sites is 1. The van der Waals surface area contributed by atoms with E-state index in [0.717, 1.165) is 28.4 Å². The van der Waals surface area contributed by atoms with Gasteiger partial charge in [0, 0.05) is 6.04 Å². The molecule has 3 nitrogen and oxygen atoms in total. The maximum Gasteiger partial charge on any atom is 0.135 e. The summed E-state index contributed by atoms with van der Waals surface area (Å²) in [6.07, 6.45) is 0. The molecular weight excluding hydrogens is 250 g/mol. The molecule has 1 unspecified atom stereocenters. The molecule has 0 aliphatic carbocycles. The smallest absolute Gasteiger partial charge is 0.135 e. The molecule has 0 bridgehead atoms. The van der Waals surface area contributed by atoms with E-state index in [1.165, 1.54) is 0 Å². The zero-order chi connectivity index (χ0) is 14.5. The minimum atomic E-state index is 0.144. The first-order valence-electron chi connectivity index (χ1n) is 6.75. The average Bonchev–Trinajstić information content (AvgIpc) is 2.48. The molecule has 0 spiro atoms. The Bertz CT molecular complexity index is 581. The fourth-order valence-corrected chi connectivity index (χ4v) is 2.15. The first kappa shape index (κ1) is 14.4. The molecule has 0 heterocycles. The van der Waals surface area contributed by atoms with Crippen LogP contribution in [-0.4, -0.2) is 14.2 Å². The predicted octanol–water partition coefficient (Wildman–Crippen LogP) is 4.08. The van der Waals surface area contributed by atoms with Gasteiger partial charge in [0.25, 0.3) is 0 Å². The van der Waals surface area contributed by atoms with Crippen molar-refractivity contribution in [2.45, 2.75) is 19.9 Å². The highest BCUT2D eigenvalue weighted by Crippen LogP contribution is 2.37. The largest absolute Gasteiger partial charge is 0.496 e. The molecule has 3 heteroatoms. The number of aryl methyl sites for hydroxylation is 1. The third-order valence-corrected chi connectivity index (χ3v) is 3.43. The zero-order valence-electron chi connectivity index (χ0n) is 12.4. The summed E-state index contributed by atoms with van der Waals surface area (Å²) in [5, 5.41) is 3.24. The monoisotopic (exact) mass is 271 g/mol. The molecule has 0 saturated heterocycles. The van der Waals surface area contributed by atoms with Crippen LogP contribution in [0.3, 0.4) is 0 Å². The topological polar surface area (TPSA) is 30.5 Å². The first-order valence-corrected chi connectivity index (χ1v) is 6.75. The predicted molar refractivity (Wildman–Crippen MR) is 81.7 cm³/mol. The van der Waals surface area contributed by atoms with Crippen molar-refractivity contribution in [3.8, 4) is 17.2 Å². The molecule has 1 N–H and O–H groups in total. The molecule has 0 aliphatic rings. The van der Waals surface area contributed by atoms with Gasteiger partial charge in [-0.2, -0.15) is 0 Å². The fraction of sp³-hybridized carbons (Fsp3) is 0.294. The van der Waals surface area contributed by atoms with Crippen LogP contribution in [0, 0.1) is 6.92 Å². The van der Waals surface area contributed by atoms with Gasteiger partial charge in [-0.1, -0.05) is 24.3 Å². The van der Waals surface area contributed by atoms with Crippen LogP contribution in [0.15, 0.2) is 42.5 Å². The van der Waals surface area contributed by atoms with Crippen LogP contribution in [0.25, 0.3) is 0 Å². The van der Waals surface area contributed by atoms with E-state index in [1.54, 1.807) is 7.11 Å². The lowest BCUT2D eigenvalue weighted by Gasteiger charge is -2.20. The van der Waals surface area contributed by atoms with Crippen LogP contribution in [-0.2, 0) is 0 Å². The Morgan fingerprint density at radius 2 is 1.60 bits per heavy atom. The summed E-state index contributed by atoms with van der Waals surface area (Å²) in [5.41, 5.74) is 2.14. The molecule has 0 saturated carbocycles. The van der Waals surface area contributed by atoms with Crippen LogP contribution in [0.1, 0.15) is 24.1 Å². The van der Waals surface area contributed by atoms with E-state index in [1.807, 2.05) is 56.4 Å². The Hall–Kier alpha value is -2.00. The number of hydrogen-bond acceptors (Lipinski definition) is 3. The number of benzene rings is 2. The highest BCUT2D eigenvalue weighted by atomic mass is 16.5. The van der Waals surface area contributed by atoms with Crippen LogP contribution in [0.5, 0.6) is 17.2 Å². The quantitative estimate of drug-likeness (QED) is 0.889. The van der Waals surface area contributed by atoms with E-state index in [9.17, 15) is 0 Å². The van der Waals surface area contributed by atoms with Gasteiger partial charge in [0.15, 0.2) is 0 Å². The average molecular weight is 271 g/mol. The molecule has 0 aliphatic heterocycles. The molecule has 2 rings (SSSR count). The van der Waals surface area contributed by atoms with Crippen molar-refractivity contribution < 1.29 is 9.47 Å². The van der Waals surface area contributed by atoms with Gasteiger partial charge in [0.2, 0.25) is 0 Å². The Kier molecular flexibility index (Phi) is 4.64. The molecule has 20 heavy (non-hydrogen) atoms. The van der Waals surface area contributed by atoms with Crippen molar-refractivity contribution in [3.05, 3.63) is 53.6 Å². The van der Waals surface area contributed by atoms with Crippen molar-refractivity contribution in [2.75, 3.05) is 14.2 Å². The SMILES string of the molecule is CNC(C)c1c(OC)cccc1Oc1ccccc1C. The van der Waals surface area contributed by atoms with Gasteiger partial charge in [-0.3, -0.25) is 0 Å². The van der Waals surface area contributed by atoms with Gasteiger partial charge in [-0.05, 0) is 44.7 Å². The molecule has 106 valence electrons. The van der Waals surface area contributed by atoms with Crippen molar-refractivity contribution in [3.63, 3.8) is 0 Å². The Labute approximate surface area is 120 Å². The van der Waals surface area contributed by atoms with Gasteiger partial charge in [0.05, 0.1) is 12.7 Å². The van der Waals surface area contributed by atoms with Gasteiger partial charge < -0.3 is 14.8 Å². The van der Waals surface area contributed by atoms with E-state index >= 15 is 0 Å². The van der Waals surface area contributed by atoms with Crippen molar-refractivity contribution in [2.24, 2.45) is 0 Å². The highest BCUT2D eigenvalue weighted by Gasteiger charge is 2.16. The van der Waals surface area contributed by atoms with Gasteiger partial charge >= 0.3 is 0 Å². The van der Waals surface area contributed by atoms with Crippen molar-refractivity contribution in [1.82, 2.24) is 5.32 Å². The fourth-order valence-electron chi connectivity index (χ4n) is 2.15. The minimum Gasteiger partial charge on any atom is -0.496 e. The summed E-state index contributed by atoms with van der Waals surface area (Å²) >= 11 is 0. The third-order valence-electron chi connectivity index (χ3n) is 3.43. The summed E-state index contributed by atoms with van der Waals surface area (Å²) in [6, 6.07) is 14.0. The number of hydrogen-bond donors (Lipinski definition) is 1. The van der Waals surface area contributed by atoms with E-state index in [2.05, 4.69) is 12.2 Å². The Morgan fingerprint density at radius 3 is 2.25 bits per heavy atom. The second kappa shape index (κ2) is 6.44. The zero-order valence-corrected chi connectivity index (χ0v) is 12.4. The van der Waals surface area contributed by atoms with Crippen LogP contribution < -0.4 is 14.8 Å². The standard InChI is InChI=1S/C17H21NO2/c1-12-8-5-6-9-14(12)20-16-11-7-10-15(19-4)17(16)13(2)18-3/h5-11,13,18H,1-4H3. The second-order valence-corrected chi connectivity index (χ2v) is 4.75. The van der Waals surface area contributed by atoms with E-state index in [4.69, 9.17) is 9.47 Å². The van der Waals surface area contributed by atoms with E-state index < -0.39 is 0 Å². The number of methoxy groups -OCH3 is 1. The molecule has 1 atom stereocenters. The maximum absolute atomic E-state index is 6.09. The normalized spacial score (nSPS) is 12.0. The number of rotatable bonds is 5. The van der Waals surface area contributed by atoms with Gasteiger partial charge in [-0.25, -0.2) is 0 Å². The molecule has 0 radical (unpaired) electrons. The number of nitrogens with one attached hydrogen (secondary N) is 1. The molecule has 0 amide bonds. The van der Waals surface area contributed by atoms with E-state index in [0.29, 0.717) is 0 Å². The Balaban J connectivity index is 2.43. The Morgan fingerprint density at radius 1 is 0.950 bits per heavy atom. The first-order chi connectivity index (χ1) is 9.67. The van der Waals surface area contributed by atoms with Gasteiger partial charge in [0.1, 0.15) is 17.2 Å². The lowest BCUT2D eigenvalue weighted by Crippen LogP contribution is -2.14. The molecule has 0 aromatic heterocycles. The molecule has 2 aromatic rings.